The Kier molecular flexibility index (Phi) is 3.88. The zero-order chi connectivity index (χ0) is 15.4. The molecule has 108 valence electrons. The Balaban J connectivity index is 1.71. The number of para-hydroxylation sites is 1. The van der Waals surface area contributed by atoms with Crippen molar-refractivity contribution in [3.05, 3.63) is 85.1 Å². The minimum Gasteiger partial charge on any atom is -0.450 e. The molecule has 3 rings (SSSR count). The molecule has 0 amide bonds. The van der Waals surface area contributed by atoms with Gasteiger partial charge in [0, 0.05) is 0 Å². The van der Waals surface area contributed by atoms with Crippen LogP contribution in [0.25, 0.3) is 10.8 Å². The number of fused-ring (bicyclic) bond motifs is 1. The molecule has 3 aromatic rings. The van der Waals surface area contributed by atoms with Gasteiger partial charge >= 0.3 is 5.97 Å². The molecule has 0 spiro atoms. The second-order valence-electron chi connectivity index (χ2n) is 4.74. The summed E-state index contributed by atoms with van der Waals surface area (Å²) in [7, 11) is 0. The van der Waals surface area contributed by atoms with Gasteiger partial charge in [0.05, 0.1) is 0 Å². The van der Waals surface area contributed by atoms with Crippen LogP contribution in [0.5, 0.6) is 11.5 Å². The first-order chi connectivity index (χ1) is 10.7. The average Bonchev–Trinajstić information content (AvgIpc) is 2.55. The Hall–Kier alpha value is -3.07. The van der Waals surface area contributed by atoms with Crippen LogP contribution < -0.4 is 9.47 Å². The number of benzene rings is 3. The van der Waals surface area contributed by atoms with Gasteiger partial charge in [-0.25, -0.2) is 4.79 Å². The first-order valence-corrected chi connectivity index (χ1v) is 6.85. The first-order valence-electron chi connectivity index (χ1n) is 6.85. The van der Waals surface area contributed by atoms with Crippen LogP contribution in [0.4, 0.5) is 0 Å². The maximum absolute atomic E-state index is 11.9. The van der Waals surface area contributed by atoms with Gasteiger partial charge < -0.3 is 9.47 Å². The number of hydrogen-bond acceptors (Lipinski definition) is 3. The highest BCUT2D eigenvalue weighted by atomic mass is 16.6. The molecular weight excluding hydrogens is 276 g/mol. The number of hydrogen-bond donors (Lipinski definition) is 0. The van der Waals surface area contributed by atoms with Gasteiger partial charge in [-0.3, -0.25) is 0 Å². The summed E-state index contributed by atoms with van der Waals surface area (Å²) in [6, 6.07) is 22.3. The average molecular weight is 290 g/mol. The molecule has 0 bridgehead atoms. The second-order valence-corrected chi connectivity index (χ2v) is 4.74. The maximum Gasteiger partial charge on any atom is 0.379 e. The molecule has 3 aromatic carbocycles. The molecule has 0 atom stereocenters. The molecule has 0 aromatic heterocycles. The molecule has 0 saturated carbocycles. The Morgan fingerprint density at radius 1 is 0.727 bits per heavy atom. The van der Waals surface area contributed by atoms with E-state index in [4.69, 9.17) is 9.47 Å². The highest BCUT2D eigenvalue weighted by molar-refractivity contribution is 5.88. The predicted molar refractivity (Wildman–Crippen MR) is 85.8 cm³/mol. The highest BCUT2D eigenvalue weighted by Gasteiger charge is 2.12. The van der Waals surface area contributed by atoms with Crippen molar-refractivity contribution >= 4 is 16.7 Å². The van der Waals surface area contributed by atoms with Gasteiger partial charge in [0.2, 0.25) is 5.76 Å². The number of ether oxygens (including phenoxy) is 2. The van der Waals surface area contributed by atoms with E-state index in [1.54, 1.807) is 30.3 Å². The number of esters is 1. The lowest BCUT2D eigenvalue weighted by atomic mass is 10.1. The monoisotopic (exact) mass is 290 g/mol. The molecule has 0 saturated heterocycles. The van der Waals surface area contributed by atoms with Crippen LogP contribution in [-0.2, 0) is 4.79 Å². The number of carbonyl (C=O) groups is 1. The zero-order valence-corrected chi connectivity index (χ0v) is 11.9. The maximum atomic E-state index is 11.9. The van der Waals surface area contributed by atoms with Crippen molar-refractivity contribution in [1.29, 1.82) is 0 Å². The second kappa shape index (κ2) is 6.14. The Labute approximate surface area is 128 Å². The molecule has 0 heterocycles. The van der Waals surface area contributed by atoms with E-state index in [2.05, 4.69) is 6.58 Å². The molecule has 0 radical (unpaired) electrons. The van der Waals surface area contributed by atoms with Crippen molar-refractivity contribution in [1.82, 2.24) is 0 Å². The van der Waals surface area contributed by atoms with Gasteiger partial charge in [0.25, 0.3) is 0 Å². The summed E-state index contributed by atoms with van der Waals surface area (Å²) in [5, 5.41) is 2.14. The van der Waals surface area contributed by atoms with E-state index in [-0.39, 0.29) is 5.76 Å². The van der Waals surface area contributed by atoms with E-state index >= 15 is 0 Å². The predicted octanol–water partition coefficient (Wildman–Crippen LogP) is 4.34. The quantitative estimate of drug-likeness (QED) is 0.310. The third-order valence-corrected chi connectivity index (χ3v) is 3.14. The van der Waals surface area contributed by atoms with E-state index in [1.165, 1.54) is 0 Å². The highest BCUT2D eigenvalue weighted by Crippen LogP contribution is 2.22. The van der Waals surface area contributed by atoms with Crippen LogP contribution in [0, 0.1) is 0 Å². The van der Waals surface area contributed by atoms with E-state index in [9.17, 15) is 4.79 Å². The molecular formula is C19H14O3. The molecule has 0 aliphatic carbocycles. The zero-order valence-electron chi connectivity index (χ0n) is 11.9. The van der Waals surface area contributed by atoms with Gasteiger partial charge in [-0.15, -0.1) is 0 Å². The first kappa shape index (κ1) is 13.9. The Morgan fingerprint density at radius 3 is 2.18 bits per heavy atom. The molecule has 0 fully saturated rings. The summed E-state index contributed by atoms with van der Waals surface area (Å²) >= 11 is 0. The SMILES string of the molecule is C=C(Oc1ccc2ccccc2c1)C(=O)Oc1ccccc1. The number of carbonyl (C=O) groups excluding carboxylic acids is 1. The topological polar surface area (TPSA) is 35.5 Å². The fourth-order valence-electron chi connectivity index (χ4n) is 2.07. The minimum absolute atomic E-state index is 0.0564. The fraction of sp³-hybridized carbons (Fsp3) is 0. The van der Waals surface area contributed by atoms with Crippen LogP contribution in [0.2, 0.25) is 0 Å². The van der Waals surface area contributed by atoms with E-state index in [0.29, 0.717) is 11.5 Å². The van der Waals surface area contributed by atoms with Crippen LogP contribution in [0.1, 0.15) is 0 Å². The lowest BCUT2D eigenvalue weighted by Gasteiger charge is -2.09. The van der Waals surface area contributed by atoms with Crippen molar-refractivity contribution in [2.45, 2.75) is 0 Å². The fourth-order valence-corrected chi connectivity index (χ4v) is 2.07. The van der Waals surface area contributed by atoms with Gasteiger partial charge in [-0.1, -0.05) is 48.5 Å². The van der Waals surface area contributed by atoms with E-state index in [0.717, 1.165) is 10.8 Å². The minimum atomic E-state index is -0.612. The van der Waals surface area contributed by atoms with Crippen molar-refractivity contribution in [2.24, 2.45) is 0 Å². The van der Waals surface area contributed by atoms with Crippen molar-refractivity contribution < 1.29 is 14.3 Å². The van der Waals surface area contributed by atoms with Crippen LogP contribution in [0.15, 0.2) is 85.1 Å². The van der Waals surface area contributed by atoms with Crippen LogP contribution >= 0.6 is 0 Å². The van der Waals surface area contributed by atoms with Gasteiger partial charge in [0.1, 0.15) is 11.5 Å². The molecule has 22 heavy (non-hydrogen) atoms. The lowest BCUT2D eigenvalue weighted by Crippen LogP contribution is -2.14. The lowest BCUT2D eigenvalue weighted by molar-refractivity contribution is -0.132. The number of rotatable bonds is 4. The molecule has 0 unspecified atom stereocenters. The summed E-state index contributed by atoms with van der Waals surface area (Å²) < 4.78 is 10.7. The molecule has 3 heteroatoms. The summed E-state index contributed by atoms with van der Waals surface area (Å²) in [6.45, 7) is 3.63. The van der Waals surface area contributed by atoms with Crippen molar-refractivity contribution in [3.63, 3.8) is 0 Å². The van der Waals surface area contributed by atoms with Crippen molar-refractivity contribution in [2.75, 3.05) is 0 Å². The normalized spacial score (nSPS) is 10.2. The third kappa shape index (κ3) is 3.15. The third-order valence-electron chi connectivity index (χ3n) is 3.14. The Bertz CT molecular complexity index is 822. The van der Waals surface area contributed by atoms with E-state index in [1.807, 2.05) is 42.5 Å². The van der Waals surface area contributed by atoms with Gasteiger partial charge in [-0.2, -0.15) is 0 Å². The van der Waals surface area contributed by atoms with Crippen LogP contribution in [-0.4, -0.2) is 5.97 Å². The van der Waals surface area contributed by atoms with Crippen molar-refractivity contribution in [3.8, 4) is 11.5 Å². The summed E-state index contributed by atoms with van der Waals surface area (Å²) in [6.07, 6.45) is 0. The van der Waals surface area contributed by atoms with Gasteiger partial charge in [0.15, 0.2) is 0 Å². The molecule has 0 aliphatic rings. The van der Waals surface area contributed by atoms with E-state index < -0.39 is 5.97 Å². The smallest absolute Gasteiger partial charge is 0.379 e. The Morgan fingerprint density at radius 2 is 1.41 bits per heavy atom. The summed E-state index contributed by atoms with van der Waals surface area (Å²) in [4.78, 5) is 11.9. The summed E-state index contributed by atoms with van der Waals surface area (Å²) in [5.41, 5.74) is 0. The largest absolute Gasteiger partial charge is 0.450 e. The molecule has 3 nitrogen and oxygen atoms in total. The van der Waals surface area contributed by atoms with Gasteiger partial charge in [-0.05, 0) is 41.6 Å². The molecule has 0 N–H and O–H groups in total. The standard InChI is InChI=1S/C19H14O3/c1-14(19(20)22-17-9-3-2-4-10-17)21-18-12-11-15-7-5-6-8-16(15)13-18/h2-13H,1H2. The van der Waals surface area contributed by atoms with Crippen LogP contribution in [0.3, 0.4) is 0 Å². The summed E-state index contributed by atoms with van der Waals surface area (Å²) in [5.74, 6) is 0.336. The molecule has 0 aliphatic heterocycles.